The monoisotopic (exact) mass is 368 g/mol. The molecule has 1 aromatic carbocycles. The molecule has 108 valence electrons. The van der Waals surface area contributed by atoms with Gasteiger partial charge in [-0.25, -0.2) is 13.1 Å². The van der Waals surface area contributed by atoms with Gasteiger partial charge in [0.1, 0.15) is 0 Å². The molecule has 19 heavy (non-hydrogen) atoms. The number of anilines is 1. The van der Waals surface area contributed by atoms with Crippen LogP contribution in [0.4, 0.5) is 5.69 Å². The van der Waals surface area contributed by atoms with E-state index in [1.54, 1.807) is 0 Å². The molecule has 0 atom stereocenters. The highest BCUT2D eigenvalue weighted by molar-refractivity contribution is 9.10. The summed E-state index contributed by atoms with van der Waals surface area (Å²) in [7, 11) is -3.64. The first-order valence-corrected chi connectivity index (χ1v) is 8.48. The maximum Gasteiger partial charge on any atom is 0.241 e. The molecule has 4 nitrogen and oxygen atoms in total. The van der Waals surface area contributed by atoms with Gasteiger partial charge in [0, 0.05) is 17.3 Å². The maximum absolute atomic E-state index is 12.3. The molecule has 0 saturated heterocycles. The minimum Gasteiger partial charge on any atom is -0.398 e. The minimum absolute atomic E-state index is 0.0596. The van der Waals surface area contributed by atoms with Crippen molar-refractivity contribution in [1.29, 1.82) is 0 Å². The van der Waals surface area contributed by atoms with Gasteiger partial charge in [-0.1, -0.05) is 32.4 Å². The van der Waals surface area contributed by atoms with E-state index >= 15 is 0 Å². The fourth-order valence-electron chi connectivity index (χ4n) is 1.27. The molecule has 0 aliphatic rings. The average Bonchev–Trinajstić information content (AvgIpc) is 2.31. The number of sulfonamides is 1. The van der Waals surface area contributed by atoms with Crippen molar-refractivity contribution >= 4 is 43.2 Å². The Morgan fingerprint density at radius 3 is 2.53 bits per heavy atom. The highest BCUT2D eigenvalue weighted by Crippen LogP contribution is 2.31. The van der Waals surface area contributed by atoms with Crippen LogP contribution in [-0.4, -0.2) is 15.0 Å². The molecule has 0 radical (unpaired) electrons. The summed E-state index contributed by atoms with van der Waals surface area (Å²) < 4.78 is 27.5. The minimum atomic E-state index is -3.64. The predicted molar refractivity (Wildman–Crippen MR) is 82.8 cm³/mol. The first-order chi connectivity index (χ1) is 8.59. The Bertz CT molecular complexity index is 573. The van der Waals surface area contributed by atoms with Crippen molar-refractivity contribution in [2.75, 3.05) is 12.3 Å². The van der Waals surface area contributed by atoms with Crippen molar-refractivity contribution in [2.24, 2.45) is 5.41 Å². The number of rotatable bonds is 5. The molecule has 0 aliphatic heterocycles. The Hall–Kier alpha value is -0.300. The second-order valence-corrected chi connectivity index (χ2v) is 8.11. The highest BCUT2D eigenvalue weighted by Gasteiger charge is 2.23. The third-order valence-corrected chi connectivity index (χ3v) is 5.81. The quantitative estimate of drug-likeness (QED) is 0.781. The van der Waals surface area contributed by atoms with Gasteiger partial charge >= 0.3 is 0 Å². The van der Waals surface area contributed by atoms with Gasteiger partial charge in [-0.3, -0.25) is 0 Å². The van der Waals surface area contributed by atoms with Gasteiger partial charge in [-0.05, 0) is 39.9 Å². The molecule has 0 aliphatic carbocycles. The molecule has 7 heteroatoms. The Labute approximate surface area is 127 Å². The third kappa shape index (κ3) is 4.34. The number of nitrogens with two attached hydrogens (primary N) is 1. The summed E-state index contributed by atoms with van der Waals surface area (Å²) in [6, 6.07) is 2.88. The van der Waals surface area contributed by atoms with Crippen LogP contribution in [0.1, 0.15) is 27.2 Å². The van der Waals surface area contributed by atoms with Crippen LogP contribution >= 0.6 is 27.5 Å². The largest absolute Gasteiger partial charge is 0.398 e. The van der Waals surface area contributed by atoms with Crippen molar-refractivity contribution in [3.63, 3.8) is 0 Å². The molecule has 0 unspecified atom stereocenters. The average molecular weight is 370 g/mol. The molecule has 0 fully saturated rings. The van der Waals surface area contributed by atoms with E-state index < -0.39 is 10.0 Å². The van der Waals surface area contributed by atoms with Crippen LogP contribution in [-0.2, 0) is 10.0 Å². The van der Waals surface area contributed by atoms with Crippen molar-refractivity contribution in [1.82, 2.24) is 4.72 Å². The summed E-state index contributed by atoms with van der Waals surface area (Å²) in [5, 5.41) is 0.288. The summed E-state index contributed by atoms with van der Waals surface area (Å²) in [6.45, 7) is 6.36. The smallest absolute Gasteiger partial charge is 0.241 e. The molecule has 0 heterocycles. The Morgan fingerprint density at radius 2 is 2.00 bits per heavy atom. The van der Waals surface area contributed by atoms with Crippen LogP contribution in [0.3, 0.4) is 0 Å². The van der Waals surface area contributed by atoms with Crippen LogP contribution in [0.15, 0.2) is 21.5 Å². The van der Waals surface area contributed by atoms with Gasteiger partial charge in [0.2, 0.25) is 10.0 Å². The van der Waals surface area contributed by atoms with Gasteiger partial charge in [0.25, 0.3) is 0 Å². The zero-order valence-corrected chi connectivity index (χ0v) is 14.3. The van der Waals surface area contributed by atoms with E-state index in [1.807, 2.05) is 20.8 Å². The van der Waals surface area contributed by atoms with E-state index in [0.29, 0.717) is 16.7 Å². The molecule has 0 spiro atoms. The normalized spacial score (nSPS) is 12.7. The maximum atomic E-state index is 12.3. The highest BCUT2D eigenvalue weighted by atomic mass is 79.9. The zero-order valence-electron chi connectivity index (χ0n) is 11.1. The Morgan fingerprint density at radius 1 is 1.42 bits per heavy atom. The SMILES string of the molecule is CCC(C)(C)CNS(=O)(=O)c1cc(Cl)cc(N)c1Br. The predicted octanol–water partition coefficient (Wildman–Crippen LogP) is 3.40. The number of halogens is 2. The molecule has 1 rings (SSSR count). The van der Waals surface area contributed by atoms with Crippen molar-refractivity contribution in [2.45, 2.75) is 32.1 Å². The van der Waals surface area contributed by atoms with Gasteiger partial charge in [-0.15, -0.1) is 0 Å². The van der Waals surface area contributed by atoms with E-state index in [-0.39, 0.29) is 15.3 Å². The lowest BCUT2D eigenvalue weighted by Crippen LogP contribution is -2.33. The number of hydrogen-bond donors (Lipinski definition) is 2. The van der Waals surface area contributed by atoms with Gasteiger partial charge in [-0.2, -0.15) is 0 Å². The number of benzene rings is 1. The lowest BCUT2D eigenvalue weighted by Gasteiger charge is -2.23. The lowest BCUT2D eigenvalue weighted by atomic mass is 9.91. The molecule has 3 N–H and O–H groups in total. The summed E-state index contributed by atoms with van der Waals surface area (Å²) in [5.74, 6) is 0. The van der Waals surface area contributed by atoms with Crippen LogP contribution in [0.2, 0.25) is 5.02 Å². The zero-order chi connectivity index (χ0) is 14.8. The molecule has 1 aromatic rings. The third-order valence-electron chi connectivity index (χ3n) is 3.02. The number of nitrogens with one attached hydrogen (secondary N) is 1. The molecular formula is C12H18BrClN2O2S. The van der Waals surface area contributed by atoms with Crippen LogP contribution in [0.25, 0.3) is 0 Å². The van der Waals surface area contributed by atoms with E-state index in [9.17, 15) is 8.42 Å². The van der Waals surface area contributed by atoms with Gasteiger partial charge < -0.3 is 5.73 Å². The summed E-state index contributed by atoms with van der Waals surface area (Å²) in [4.78, 5) is 0.0596. The fourth-order valence-corrected chi connectivity index (χ4v) is 3.80. The lowest BCUT2D eigenvalue weighted by molar-refractivity contribution is 0.350. The van der Waals surface area contributed by atoms with Crippen molar-refractivity contribution < 1.29 is 8.42 Å². The van der Waals surface area contributed by atoms with Crippen molar-refractivity contribution in [3.05, 3.63) is 21.6 Å². The Balaban J connectivity index is 3.08. The Kier molecular flexibility index (Phi) is 5.28. The first-order valence-electron chi connectivity index (χ1n) is 5.83. The topological polar surface area (TPSA) is 72.2 Å². The molecule has 0 bridgehead atoms. The van der Waals surface area contributed by atoms with E-state index in [1.165, 1.54) is 12.1 Å². The molecule has 0 saturated carbocycles. The molecule has 0 amide bonds. The summed E-state index contributed by atoms with van der Waals surface area (Å²) in [5.41, 5.74) is 5.89. The van der Waals surface area contributed by atoms with E-state index in [2.05, 4.69) is 20.7 Å². The van der Waals surface area contributed by atoms with Gasteiger partial charge in [0.05, 0.1) is 9.37 Å². The number of hydrogen-bond acceptors (Lipinski definition) is 3. The van der Waals surface area contributed by atoms with E-state index in [4.69, 9.17) is 17.3 Å². The van der Waals surface area contributed by atoms with Crippen LogP contribution in [0.5, 0.6) is 0 Å². The summed E-state index contributed by atoms with van der Waals surface area (Å²) >= 11 is 9.04. The second kappa shape index (κ2) is 5.99. The van der Waals surface area contributed by atoms with Crippen molar-refractivity contribution in [3.8, 4) is 0 Å². The van der Waals surface area contributed by atoms with E-state index in [0.717, 1.165) is 6.42 Å². The molecular weight excluding hydrogens is 352 g/mol. The fraction of sp³-hybridized carbons (Fsp3) is 0.500. The molecule has 0 aromatic heterocycles. The first kappa shape index (κ1) is 16.8. The summed E-state index contributed by atoms with van der Waals surface area (Å²) in [6.07, 6.45) is 0.869. The standard InChI is InChI=1S/C12H18BrClN2O2S/c1-4-12(2,3)7-16-19(17,18)10-6-8(14)5-9(15)11(10)13/h5-6,16H,4,7,15H2,1-3H3. The van der Waals surface area contributed by atoms with Crippen LogP contribution in [0, 0.1) is 5.41 Å². The van der Waals surface area contributed by atoms with Crippen LogP contribution < -0.4 is 10.5 Å². The number of nitrogen functional groups attached to an aromatic ring is 1. The van der Waals surface area contributed by atoms with Gasteiger partial charge in [0.15, 0.2) is 0 Å². The second-order valence-electron chi connectivity index (χ2n) is 5.15.